The first-order valence-electron chi connectivity index (χ1n) is 5.33. The molecule has 1 aliphatic carbocycles. The molecule has 2 aliphatic rings. The number of aromatic nitrogens is 1. The maximum Gasteiger partial charge on any atom is 0.154 e. The zero-order valence-electron chi connectivity index (χ0n) is 8.35. The Morgan fingerprint density at radius 1 is 1.36 bits per heavy atom. The maximum absolute atomic E-state index is 4.43. The van der Waals surface area contributed by atoms with Gasteiger partial charge in [-0.2, -0.15) is 0 Å². The third kappa shape index (κ3) is 1.10. The fourth-order valence-electron chi connectivity index (χ4n) is 2.83. The van der Waals surface area contributed by atoms with Crippen molar-refractivity contribution in [3.63, 3.8) is 0 Å². The molecule has 2 nitrogen and oxygen atoms in total. The molecule has 2 heterocycles. The number of nitrogens with zero attached hydrogens (tertiary/aromatic N) is 2. The topological polar surface area (TPSA) is 25.2 Å². The highest BCUT2D eigenvalue weighted by Crippen LogP contribution is 2.46. The van der Waals surface area contributed by atoms with Crippen LogP contribution in [-0.4, -0.2) is 11.2 Å². The molecule has 3 unspecified atom stereocenters. The summed E-state index contributed by atoms with van der Waals surface area (Å²) in [6.45, 7) is 2.34. The van der Waals surface area contributed by atoms with E-state index in [0.717, 1.165) is 11.7 Å². The minimum Gasteiger partial charge on any atom is -0.241 e. The summed E-state index contributed by atoms with van der Waals surface area (Å²) in [5, 5.41) is 0. The van der Waals surface area contributed by atoms with E-state index in [9.17, 15) is 0 Å². The number of pyridine rings is 1. The molecule has 1 aliphatic heterocycles. The lowest BCUT2D eigenvalue weighted by Crippen LogP contribution is -2.11. The average Bonchev–Trinajstić information content (AvgIpc) is 2.59. The van der Waals surface area contributed by atoms with Gasteiger partial charge in [-0.1, -0.05) is 13.0 Å². The predicted molar refractivity (Wildman–Crippen MR) is 57.0 cm³/mol. The molecule has 1 fully saturated rings. The molecule has 0 radical (unpaired) electrons. The molecular formula is C12H14N2. The molecule has 0 saturated heterocycles. The van der Waals surface area contributed by atoms with Crippen LogP contribution >= 0.6 is 0 Å². The molecule has 1 aromatic heterocycles. The summed E-state index contributed by atoms with van der Waals surface area (Å²) >= 11 is 0. The lowest BCUT2D eigenvalue weighted by molar-refractivity contribution is 0.596. The molecule has 0 spiro atoms. The Hall–Kier alpha value is -1.18. The second-order valence-electron chi connectivity index (χ2n) is 4.54. The third-order valence-electron chi connectivity index (χ3n) is 3.45. The van der Waals surface area contributed by atoms with Gasteiger partial charge in [-0.25, -0.2) is 9.98 Å². The summed E-state index contributed by atoms with van der Waals surface area (Å²) < 4.78 is 0. The molecule has 0 bridgehead atoms. The molecule has 72 valence electrons. The monoisotopic (exact) mass is 186 g/mol. The first kappa shape index (κ1) is 8.16. The summed E-state index contributed by atoms with van der Waals surface area (Å²) in [5.41, 5.74) is 1.37. The highest BCUT2D eigenvalue weighted by Gasteiger charge is 2.35. The predicted octanol–water partition coefficient (Wildman–Crippen LogP) is 2.93. The Kier molecular flexibility index (Phi) is 1.69. The van der Waals surface area contributed by atoms with Crippen LogP contribution in [0.25, 0.3) is 0 Å². The van der Waals surface area contributed by atoms with E-state index < -0.39 is 0 Å². The summed E-state index contributed by atoms with van der Waals surface area (Å²) in [6, 6.07) is 4.22. The van der Waals surface area contributed by atoms with Crippen LogP contribution in [0.1, 0.15) is 31.2 Å². The van der Waals surface area contributed by atoms with Crippen LogP contribution in [0.4, 0.5) is 5.82 Å². The first-order valence-corrected chi connectivity index (χ1v) is 5.33. The van der Waals surface area contributed by atoms with Gasteiger partial charge in [0.1, 0.15) is 0 Å². The highest BCUT2D eigenvalue weighted by atomic mass is 14.9. The van der Waals surface area contributed by atoms with Gasteiger partial charge >= 0.3 is 0 Å². The number of hydrogen-bond donors (Lipinski definition) is 0. The van der Waals surface area contributed by atoms with E-state index in [1.807, 2.05) is 12.3 Å². The SMILES string of the molecule is CC1CC2C=Nc3ncccc3C2C1. The van der Waals surface area contributed by atoms with Crippen molar-refractivity contribution in [3.05, 3.63) is 23.9 Å². The summed E-state index contributed by atoms with van der Waals surface area (Å²) in [7, 11) is 0. The molecule has 1 aromatic rings. The maximum atomic E-state index is 4.43. The van der Waals surface area contributed by atoms with Gasteiger partial charge in [-0.15, -0.1) is 0 Å². The highest BCUT2D eigenvalue weighted by molar-refractivity contribution is 5.71. The van der Waals surface area contributed by atoms with Crippen LogP contribution in [0, 0.1) is 11.8 Å². The van der Waals surface area contributed by atoms with Crippen LogP contribution in [0.3, 0.4) is 0 Å². The minimum atomic E-state index is 0.668. The van der Waals surface area contributed by atoms with Gasteiger partial charge in [0.2, 0.25) is 0 Å². The van der Waals surface area contributed by atoms with Crippen LogP contribution in [0.5, 0.6) is 0 Å². The van der Waals surface area contributed by atoms with E-state index in [4.69, 9.17) is 0 Å². The second kappa shape index (κ2) is 2.91. The lowest BCUT2D eigenvalue weighted by atomic mass is 9.88. The fourth-order valence-corrected chi connectivity index (χ4v) is 2.83. The van der Waals surface area contributed by atoms with Crippen molar-refractivity contribution < 1.29 is 0 Å². The van der Waals surface area contributed by atoms with Crippen molar-refractivity contribution >= 4 is 12.0 Å². The van der Waals surface area contributed by atoms with Gasteiger partial charge in [-0.05, 0) is 30.7 Å². The van der Waals surface area contributed by atoms with Crippen molar-refractivity contribution in [1.29, 1.82) is 0 Å². The van der Waals surface area contributed by atoms with Crippen molar-refractivity contribution in [2.75, 3.05) is 0 Å². The lowest BCUT2D eigenvalue weighted by Gasteiger charge is -2.21. The Morgan fingerprint density at radius 3 is 3.21 bits per heavy atom. The third-order valence-corrected chi connectivity index (χ3v) is 3.45. The Bertz CT molecular complexity index is 384. The Morgan fingerprint density at radius 2 is 2.29 bits per heavy atom. The summed E-state index contributed by atoms with van der Waals surface area (Å²) in [6.07, 6.45) is 6.54. The Labute approximate surface area is 84.1 Å². The first-order chi connectivity index (χ1) is 6.84. The second-order valence-corrected chi connectivity index (χ2v) is 4.54. The van der Waals surface area contributed by atoms with Crippen LogP contribution in [-0.2, 0) is 0 Å². The number of rotatable bonds is 0. The van der Waals surface area contributed by atoms with Crippen LogP contribution < -0.4 is 0 Å². The average molecular weight is 186 g/mol. The van der Waals surface area contributed by atoms with E-state index in [1.165, 1.54) is 18.4 Å². The molecule has 1 saturated carbocycles. The normalized spacial score (nSPS) is 33.9. The summed E-state index contributed by atoms with van der Waals surface area (Å²) in [4.78, 5) is 8.74. The van der Waals surface area contributed by atoms with E-state index in [2.05, 4.69) is 29.2 Å². The fraction of sp³-hybridized carbons (Fsp3) is 0.500. The molecule has 0 N–H and O–H groups in total. The summed E-state index contributed by atoms with van der Waals surface area (Å²) in [5.74, 6) is 3.14. The molecular weight excluding hydrogens is 172 g/mol. The van der Waals surface area contributed by atoms with Gasteiger partial charge < -0.3 is 0 Å². The van der Waals surface area contributed by atoms with E-state index in [-0.39, 0.29) is 0 Å². The van der Waals surface area contributed by atoms with Crippen molar-refractivity contribution in [2.45, 2.75) is 25.7 Å². The standard InChI is InChI=1S/C12H14N2/c1-8-5-9-7-14-12-10(11(9)6-8)3-2-4-13-12/h2-4,7-9,11H,5-6H2,1H3. The zero-order valence-corrected chi connectivity index (χ0v) is 8.35. The van der Waals surface area contributed by atoms with Crippen LogP contribution in [0.15, 0.2) is 23.3 Å². The molecule has 2 heteroatoms. The zero-order chi connectivity index (χ0) is 9.54. The van der Waals surface area contributed by atoms with Gasteiger partial charge in [0.25, 0.3) is 0 Å². The quantitative estimate of drug-likeness (QED) is 0.611. The largest absolute Gasteiger partial charge is 0.241 e. The number of fused-ring (bicyclic) bond motifs is 3. The molecule has 0 amide bonds. The molecule has 3 atom stereocenters. The van der Waals surface area contributed by atoms with Gasteiger partial charge in [0.15, 0.2) is 5.82 Å². The molecule has 3 rings (SSSR count). The van der Waals surface area contributed by atoms with Crippen molar-refractivity contribution in [1.82, 2.24) is 4.98 Å². The number of hydrogen-bond acceptors (Lipinski definition) is 2. The minimum absolute atomic E-state index is 0.668. The molecule has 0 aromatic carbocycles. The van der Waals surface area contributed by atoms with E-state index in [1.54, 1.807) is 0 Å². The smallest absolute Gasteiger partial charge is 0.154 e. The Balaban J connectivity index is 2.07. The van der Waals surface area contributed by atoms with Crippen molar-refractivity contribution in [2.24, 2.45) is 16.8 Å². The van der Waals surface area contributed by atoms with Gasteiger partial charge in [0.05, 0.1) is 0 Å². The van der Waals surface area contributed by atoms with E-state index in [0.29, 0.717) is 11.8 Å². The van der Waals surface area contributed by atoms with Crippen LogP contribution in [0.2, 0.25) is 0 Å². The van der Waals surface area contributed by atoms with Gasteiger partial charge in [0, 0.05) is 23.9 Å². The van der Waals surface area contributed by atoms with Gasteiger partial charge in [-0.3, -0.25) is 0 Å². The number of aliphatic imine (C=N–C) groups is 1. The molecule has 14 heavy (non-hydrogen) atoms. The van der Waals surface area contributed by atoms with E-state index >= 15 is 0 Å². The van der Waals surface area contributed by atoms with Crippen molar-refractivity contribution in [3.8, 4) is 0 Å².